The van der Waals surface area contributed by atoms with Crippen LogP contribution in [-0.4, -0.2) is 80.6 Å². The summed E-state index contributed by atoms with van der Waals surface area (Å²) in [6.45, 7) is 3.15. The van der Waals surface area contributed by atoms with Crippen molar-refractivity contribution in [2.45, 2.75) is 57.5 Å². The summed E-state index contributed by atoms with van der Waals surface area (Å²) in [6, 6.07) is 10.9. The first-order valence-corrected chi connectivity index (χ1v) is 19.7. The lowest BCUT2D eigenvalue weighted by Gasteiger charge is -2.22. The maximum atomic E-state index is 13.8. The van der Waals surface area contributed by atoms with Crippen molar-refractivity contribution in [2.75, 3.05) is 34.5 Å². The molecule has 11 nitrogen and oxygen atoms in total. The molecule has 3 aromatic rings. The molecule has 1 unspecified atom stereocenters. The molecule has 2 aromatic carbocycles. The molecule has 2 amide bonds. The number of allylic oxidation sites excluding steroid dienone is 4. The van der Waals surface area contributed by atoms with Gasteiger partial charge in [-0.15, -0.1) is 11.3 Å². The van der Waals surface area contributed by atoms with Gasteiger partial charge in [0.05, 0.1) is 62.0 Å². The number of aliphatic imine (C=N–C) groups is 2. The van der Waals surface area contributed by atoms with Crippen LogP contribution in [-0.2, 0) is 0 Å². The standard InChI is InChI=1S/C43H45N5O6S/c1-26-15-29(44-2)10-11-32(26)27-16-30-22-45-35-20-39(37(51-3)18-33(35)42(49)47(30)24-27)53-12-6-5-7-13-54-40-21-36-34(19-38(40)52-4)43(50)48-25-28(17-31(48)23-46-36)41-9-8-14-55-41/h8-11,14,18-26,30-31,44H,5-7,12-13,15-17H2,1-4H3/t26?,30-,31-/m0/s1. The molecule has 5 aliphatic rings. The van der Waals surface area contributed by atoms with E-state index in [1.54, 1.807) is 59.6 Å². The van der Waals surface area contributed by atoms with Gasteiger partial charge in [-0.25, -0.2) is 0 Å². The number of hydrogen-bond donors (Lipinski definition) is 1. The van der Waals surface area contributed by atoms with Gasteiger partial charge in [-0.3, -0.25) is 19.6 Å². The van der Waals surface area contributed by atoms with Gasteiger partial charge in [0.1, 0.15) is 0 Å². The van der Waals surface area contributed by atoms with Crippen LogP contribution in [0.25, 0.3) is 5.57 Å². The fourth-order valence-electron chi connectivity index (χ4n) is 7.79. The Hall–Kier alpha value is -5.62. The van der Waals surface area contributed by atoms with E-state index < -0.39 is 0 Å². The van der Waals surface area contributed by atoms with Crippen molar-refractivity contribution < 1.29 is 28.5 Å². The van der Waals surface area contributed by atoms with E-state index in [9.17, 15) is 9.59 Å². The van der Waals surface area contributed by atoms with E-state index in [-0.39, 0.29) is 23.9 Å². The minimum absolute atomic E-state index is 0.0988. The molecule has 12 heteroatoms. The van der Waals surface area contributed by atoms with Crippen LogP contribution in [0.3, 0.4) is 0 Å². The van der Waals surface area contributed by atoms with E-state index in [4.69, 9.17) is 28.9 Å². The number of benzene rings is 2. The second-order valence-corrected chi connectivity index (χ2v) is 15.2. The molecule has 0 fully saturated rings. The summed E-state index contributed by atoms with van der Waals surface area (Å²) in [5, 5.41) is 5.30. The van der Waals surface area contributed by atoms with Gasteiger partial charge in [0.15, 0.2) is 23.0 Å². The second-order valence-electron chi connectivity index (χ2n) is 14.3. The van der Waals surface area contributed by atoms with Gasteiger partial charge in [-0.1, -0.05) is 19.1 Å². The summed E-state index contributed by atoms with van der Waals surface area (Å²) in [6.07, 6.45) is 16.8. The molecule has 4 aliphatic heterocycles. The Balaban J connectivity index is 0.851. The van der Waals surface area contributed by atoms with Crippen molar-refractivity contribution in [3.05, 3.63) is 99.2 Å². The van der Waals surface area contributed by atoms with Crippen LogP contribution < -0.4 is 24.3 Å². The monoisotopic (exact) mass is 759 g/mol. The minimum Gasteiger partial charge on any atom is -0.493 e. The minimum atomic E-state index is -0.142. The van der Waals surface area contributed by atoms with Crippen LogP contribution in [0.1, 0.15) is 71.0 Å². The molecule has 3 atom stereocenters. The first-order valence-electron chi connectivity index (χ1n) is 18.8. The van der Waals surface area contributed by atoms with Crippen LogP contribution in [0.4, 0.5) is 11.4 Å². The second kappa shape index (κ2) is 15.6. The Bertz CT molecular complexity index is 2180. The maximum absolute atomic E-state index is 13.8. The number of methoxy groups -OCH3 is 2. The highest BCUT2D eigenvalue weighted by molar-refractivity contribution is 7.11. The highest BCUT2D eigenvalue weighted by Crippen LogP contribution is 2.42. The Morgan fingerprint density at radius 2 is 1.35 bits per heavy atom. The van der Waals surface area contributed by atoms with Crippen molar-refractivity contribution in [3.8, 4) is 23.0 Å². The van der Waals surface area contributed by atoms with Crippen molar-refractivity contribution in [1.29, 1.82) is 0 Å². The smallest absolute Gasteiger partial charge is 0.260 e. The number of nitrogens with zero attached hydrogens (tertiary/aromatic N) is 4. The number of carbonyl (C=O) groups excluding carboxylic acids is 2. The van der Waals surface area contributed by atoms with E-state index in [1.807, 2.05) is 43.3 Å². The number of thiophene rings is 1. The molecule has 0 bridgehead atoms. The van der Waals surface area contributed by atoms with Crippen molar-refractivity contribution in [3.63, 3.8) is 0 Å². The van der Waals surface area contributed by atoms with E-state index in [0.717, 1.165) is 44.1 Å². The normalized spacial score (nSPS) is 21.0. The van der Waals surface area contributed by atoms with Gasteiger partial charge in [0.2, 0.25) is 0 Å². The third kappa shape index (κ3) is 7.18. The lowest BCUT2D eigenvalue weighted by Crippen LogP contribution is -2.32. The third-order valence-electron chi connectivity index (χ3n) is 10.8. The summed E-state index contributed by atoms with van der Waals surface area (Å²) >= 11 is 1.67. The van der Waals surface area contributed by atoms with Crippen molar-refractivity contribution in [2.24, 2.45) is 15.9 Å². The molecule has 0 spiro atoms. The SMILES string of the molecule is CNC1=CC=C(C2=CN3C(=O)c4cc(OC)c(OCCCCCOc5cc6c(cc5OC)C(=O)N5C=C(c7cccs7)C[C@H]5C=N6)cc4N=C[C@@H]3C2)C(C)C1. The van der Waals surface area contributed by atoms with Crippen LogP contribution in [0.5, 0.6) is 23.0 Å². The summed E-state index contributed by atoms with van der Waals surface area (Å²) in [5.74, 6) is 2.26. The van der Waals surface area contributed by atoms with Gasteiger partial charge >= 0.3 is 0 Å². The van der Waals surface area contributed by atoms with E-state index >= 15 is 0 Å². The van der Waals surface area contributed by atoms with Gasteiger partial charge in [0.25, 0.3) is 11.8 Å². The Morgan fingerprint density at radius 1 is 0.764 bits per heavy atom. The van der Waals surface area contributed by atoms with Crippen LogP contribution in [0.2, 0.25) is 0 Å². The zero-order valence-electron chi connectivity index (χ0n) is 31.5. The van der Waals surface area contributed by atoms with Crippen molar-refractivity contribution >= 4 is 52.5 Å². The number of nitrogens with one attached hydrogen (secondary N) is 1. The molecule has 1 N–H and O–H groups in total. The summed E-state index contributed by atoms with van der Waals surface area (Å²) in [4.78, 5) is 41.6. The summed E-state index contributed by atoms with van der Waals surface area (Å²) < 4.78 is 23.6. The third-order valence-corrected chi connectivity index (χ3v) is 11.7. The van der Waals surface area contributed by atoms with E-state index in [1.165, 1.54) is 21.7 Å². The zero-order chi connectivity index (χ0) is 38.1. The van der Waals surface area contributed by atoms with Gasteiger partial charge in [-0.2, -0.15) is 0 Å². The number of amides is 2. The lowest BCUT2D eigenvalue weighted by molar-refractivity contribution is 0.0809. The highest BCUT2D eigenvalue weighted by Gasteiger charge is 2.36. The molecule has 1 aromatic heterocycles. The summed E-state index contributed by atoms with van der Waals surface area (Å²) in [5.41, 5.74) is 6.92. The number of unbranched alkanes of at least 4 members (excludes halogenated alkanes) is 2. The Morgan fingerprint density at radius 3 is 1.87 bits per heavy atom. The predicted molar refractivity (Wildman–Crippen MR) is 216 cm³/mol. The largest absolute Gasteiger partial charge is 0.493 e. The first-order chi connectivity index (χ1) is 26.8. The van der Waals surface area contributed by atoms with E-state index in [0.29, 0.717) is 64.6 Å². The van der Waals surface area contributed by atoms with E-state index in [2.05, 4.69) is 30.5 Å². The zero-order valence-corrected chi connectivity index (χ0v) is 32.4. The molecular formula is C43H45N5O6S. The number of carbonyl (C=O) groups is 2. The molecule has 0 saturated heterocycles. The fraction of sp³-hybridized carbons (Fsp3) is 0.349. The molecule has 1 aliphatic carbocycles. The van der Waals surface area contributed by atoms with Crippen LogP contribution in [0.15, 0.2) is 93.2 Å². The first kappa shape index (κ1) is 36.4. The van der Waals surface area contributed by atoms with Crippen LogP contribution in [0, 0.1) is 5.92 Å². The lowest BCUT2D eigenvalue weighted by atomic mass is 9.85. The molecule has 5 heterocycles. The van der Waals surface area contributed by atoms with Gasteiger partial charge < -0.3 is 34.1 Å². The molecule has 0 saturated carbocycles. The number of rotatable bonds is 13. The van der Waals surface area contributed by atoms with Crippen molar-refractivity contribution in [1.82, 2.24) is 15.1 Å². The summed E-state index contributed by atoms with van der Waals surface area (Å²) in [7, 11) is 5.11. The topological polar surface area (TPSA) is 114 Å². The Kier molecular flexibility index (Phi) is 10.3. The molecule has 55 heavy (non-hydrogen) atoms. The molecule has 284 valence electrons. The molecule has 8 rings (SSSR count). The Labute approximate surface area is 325 Å². The fourth-order valence-corrected chi connectivity index (χ4v) is 8.54. The van der Waals surface area contributed by atoms with Crippen LogP contribution >= 0.6 is 11.3 Å². The highest BCUT2D eigenvalue weighted by atomic mass is 32.1. The van der Waals surface area contributed by atoms with Gasteiger partial charge in [0, 0.05) is 67.4 Å². The number of fused-ring (bicyclic) bond motifs is 4. The van der Waals surface area contributed by atoms with Gasteiger partial charge in [-0.05, 0) is 78.0 Å². The molecular weight excluding hydrogens is 715 g/mol. The average molecular weight is 760 g/mol. The maximum Gasteiger partial charge on any atom is 0.260 e. The predicted octanol–water partition coefficient (Wildman–Crippen LogP) is 8.25. The quantitative estimate of drug-likeness (QED) is 0.175. The average Bonchev–Trinajstić information content (AvgIpc) is 3.96. The number of hydrogen-bond acceptors (Lipinski definition) is 10. The molecule has 0 radical (unpaired) electrons. The number of ether oxygens (including phenoxy) is 4.